The molecule has 0 radical (unpaired) electrons. The van der Waals surface area contributed by atoms with Gasteiger partial charge in [0.15, 0.2) is 0 Å². The highest BCUT2D eigenvalue weighted by Crippen LogP contribution is 2.34. The Morgan fingerprint density at radius 1 is 1.29 bits per heavy atom. The van der Waals surface area contributed by atoms with Crippen LogP contribution in [0.4, 0.5) is 21.6 Å². The largest absolute Gasteiger partial charge is 0.486 e. The summed E-state index contributed by atoms with van der Waals surface area (Å²) in [5.41, 5.74) is 2.37. The van der Waals surface area contributed by atoms with Crippen molar-refractivity contribution in [3.05, 3.63) is 60.2 Å². The second kappa shape index (κ2) is 10.6. The van der Waals surface area contributed by atoms with E-state index in [9.17, 15) is 9.18 Å². The number of hydrogen-bond donors (Lipinski definition) is 2. The molecule has 3 aromatic rings. The lowest BCUT2D eigenvalue weighted by atomic mass is 10.1. The molecule has 1 amide bonds. The molecule has 178 valence electrons. The third-order valence-electron chi connectivity index (χ3n) is 5.34. The number of benzene rings is 2. The van der Waals surface area contributed by atoms with Crippen molar-refractivity contribution in [3.63, 3.8) is 0 Å². The maximum atomic E-state index is 13.7. The Labute approximate surface area is 197 Å². The lowest BCUT2D eigenvalue weighted by Crippen LogP contribution is -2.18. The van der Waals surface area contributed by atoms with Gasteiger partial charge in [-0.3, -0.25) is 4.79 Å². The van der Waals surface area contributed by atoms with Gasteiger partial charge in [0.05, 0.1) is 24.4 Å². The van der Waals surface area contributed by atoms with Crippen LogP contribution in [0.1, 0.15) is 12.0 Å². The molecule has 0 bridgehead atoms. The van der Waals surface area contributed by atoms with Crippen LogP contribution in [0.3, 0.4) is 0 Å². The Hall–Kier alpha value is -3.56. The summed E-state index contributed by atoms with van der Waals surface area (Å²) < 4.78 is 25.3. The minimum absolute atomic E-state index is 0.0981. The van der Waals surface area contributed by atoms with Crippen LogP contribution in [-0.4, -0.2) is 60.7 Å². The maximum absolute atomic E-state index is 13.7. The third-order valence-corrected chi connectivity index (χ3v) is 5.34. The Bertz CT molecular complexity index is 1210. The minimum atomic E-state index is -0.275. The molecule has 1 fully saturated rings. The molecule has 1 saturated heterocycles. The summed E-state index contributed by atoms with van der Waals surface area (Å²) in [6.45, 7) is 3.48. The highest BCUT2D eigenvalue weighted by Gasteiger charge is 2.20. The van der Waals surface area contributed by atoms with E-state index in [4.69, 9.17) is 9.47 Å². The van der Waals surface area contributed by atoms with Gasteiger partial charge in [-0.25, -0.2) is 14.4 Å². The van der Waals surface area contributed by atoms with E-state index in [0.717, 1.165) is 6.42 Å². The first-order chi connectivity index (χ1) is 16.4. The van der Waals surface area contributed by atoms with E-state index >= 15 is 0 Å². The van der Waals surface area contributed by atoms with Crippen molar-refractivity contribution >= 4 is 34.0 Å². The van der Waals surface area contributed by atoms with E-state index in [1.165, 1.54) is 18.5 Å². The third kappa shape index (κ3) is 5.86. The Morgan fingerprint density at radius 2 is 2.15 bits per heavy atom. The second-order valence-electron chi connectivity index (χ2n) is 8.43. The number of ether oxygens (including phenoxy) is 2. The number of carbonyl (C=O) groups excluding carboxylic acids is 1. The summed E-state index contributed by atoms with van der Waals surface area (Å²) in [6.07, 6.45) is 5.41. The number of aromatic nitrogens is 2. The van der Waals surface area contributed by atoms with Gasteiger partial charge in [-0.05, 0) is 50.8 Å². The van der Waals surface area contributed by atoms with E-state index in [-0.39, 0.29) is 17.8 Å². The molecule has 8 nitrogen and oxygen atoms in total. The molecule has 0 aliphatic carbocycles. The predicted molar refractivity (Wildman–Crippen MR) is 130 cm³/mol. The van der Waals surface area contributed by atoms with Crippen molar-refractivity contribution in [1.29, 1.82) is 0 Å². The van der Waals surface area contributed by atoms with Crippen LogP contribution < -0.4 is 15.4 Å². The molecule has 34 heavy (non-hydrogen) atoms. The molecular weight excluding hydrogens is 437 g/mol. The molecule has 4 rings (SSSR count). The molecule has 1 atom stereocenters. The fraction of sp³-hybridized carbons (Fsp3) is 0.320. The van der Waals surface area contributed by atoms with Gasteiger partial charge in [0.1, 0.15) is 29.8 Å². The van der Waals surface area contributed by atoms with Gasteiger partial charge in [0.2, 0.25) is 5.91 Å². The molecule has 1 aromatic heterocycles. The number of rotatable bonds is 8. The molecule has 2 aromatic carbocycles. The standard InChI is InChI=1S/C25H28FN5O3/c1-16-11-17(6-7-20(16)26)29-25-19-12-22(30-24(32)5-4-9-31(2)3)23(13-21(19)27-15-28-25)34-18-8-10-33-14-18/h4-7,11-13,15,18H,8-10,14H2,1-3H3,(H,30,32)(H,27,28,29). The van der Waals surface area contributed by atoms with Crippen LogP contribution in [-0.2, 0) is 9.53 Å². The topological polar surface area (TPSA) is 88.6 Å². The Balaban J connectivity index is 1.68. The van der Waals surface area contributed by atoms with Crippen LogP contribution in [0.2, 0.25) is 0 Å². The number of likely N-dealkylation sites (N-methyl/N-ethyl adjacent to an activating group) is 1. The van der Waals surface area contributed by atoms with Crippen LogP contribution >= 0.6 is 0 Å². The monoisotopic (exact) mass is 465 g/mol. The lowest BCUT2D eigenvalue weighted by molar-refractivity contribution is -0.111. The first-order valence-electron chi connectivity index (χ1n) is 11.1. The zero-order valence-electron chi connectivity index (χ0n) is 19.5. The number of amides is 1. The summed E-state index contributed by atoms with van der Waals surface area (Å²) >= 11 is 0. The molecular formula is C25H28FN5O3. The number of nitrogens with one attached hydrogen (secondary N) is 2. The van der Waals surface area contributed by atoms with Crippen LogP contribution in [0.25, 0.3) is 10.9 Å². The smallest absolute Gasteiger partial charge is 0.248 e. The SMILES string of the molecule is Cc1cc(Nc2ncnc3cc(OC4CCOC4)c(NC(=O)C=CCN(C)C)cc23)ccc1F. The van der Waals surface area contributed by atoms with Crippen LogP contribution in [0.5, 0.6) is 5.75 Å². The number of fused-ring (bicyclic) bond motifs is 1. The van der Waals surface area contributed by atoms with E-state index < -0.39 is 0 Å². The summed E-state index contributed by atoms with van der Waals surface area (Å²) in [5.74, 6) is 0.502. The molecule has 1 aliphatic rings. The average molecular weight is 466 g/mol. The zero-order chi connectivity index (χ0) is 24.1. The van der Waals surface area contributed by atoms with E-state index in [1.807, 2.05) is 19.0 Å². The van der Waals surface area contributed by atoms with E-state index in [2.05, 4.69) is 20.6 Å². The van der Waals surface area contributed by atoms with Gasteiger partial charge in [-0.15, -0.1) is 0 Å². The number of anilines is 3. The van der Waals surface area contributed by atoms with Crippen molar-refractivity contribution in [2.75, 3.05) is 44.5 Å². The van der Waals surface area contributed by atoms with Crippen molar-refractivity contribution in [2.24, 2.45) is 0 Å². The van der Waals surface area contributed by atoms with Gasteiger partial charge in [0.25, 0.3) is 0 Å². The Morgan fingerprint density at radius 3 is 2.88 bits per heavy atom. The fourth-order valence-corrected chi connectivity index (χ4v) is 3.57. The number of aryl methyl sites for hydroxylation is 1. The predicted octanol–water partition coefficient (Wildman–Crippen LogP) is 4.04. The first kappa shape index (κ1) is 23.6. The second-order valence-corrected chi connectivity index (χ2v) is 8.43. The van der Waals surface area contributed by atoms with Crippen LogP contribution in [0, 0.1) is 12.7 Å². The normalized spacial score (nSPS) is 15.9. The minimum Gasteiger partial charge on any atom is -0.486 e. The van der Waals surface area contributed by atoms with Gasteiger partial charge >= 0.3 is 0 Å². The summed E-state index contributed by atoms with van der Waals surface area (Å²) in [7, 11) is 3.86. The van der Waals surface area contributed by atoms with Crippen LogP contribution in [0.15, 0.2) is 48.8 Å². The summed E-state index contributed by atoms with van der Waals surface area (Å²) in [4.78, 5) is 23.3. The molecule has 2 N–H and O–H groups in total. The van der Waals surface area contributed by atoms with Gasteiger partial charge in [-0.2, -0.15) is 0 Å². The molecule has 0 saturated carbocycles. The Kier molecular flexibility index (Phi) is 7.34. The highest BCUT2D eigenvalue weighted by atomic mass is 19.1. The fourth-order valence-electron chi connectivity index (χ4n) is 3.57. The van der Waals surface area contributed by atoms with Gasteiger partial charge in [-0.1, -0.05) is 6.08 Å². The number of hydrogen-bond acceptors (Lipinski definition) is 7. The lowest BCUT2D eigenvalue weighted by Gasteiger charge is -2.17. The van der Waals surface area contributed by atoms with Crippen molar-refractivity contribution in [1.82, 2.24) is 14.9 Å². The molecule has 1 unspecified atom stereocenters. The molecule has 2 heterocycles. The van der Waals surface area contributed by atoms with Crippen molar-refractivity contribution < 1.29 is 18.7 Å². The first-order valence-corrected chi connectivity index (χ1v) is 11.1. The molecule has 1 aliphatic heterocycles. The number of carbonyl (C=O) groups is 1. The van der Waals surface area contributed by atoms with Crippen molar-refractivity contribution in [3.8, 4) is 5.75 Å². The van der Waals surface area contributed by atoms with Gasteiger partial charge in [0, 0.05) is 36.2 Å². The summed E-state index contributed by atoms with van der Waals surface area (Å²) in [5, 5.41) is 6.83. The molecule has 0 spiro atoms. The van der Waals surface area contributed by atoms with E-state index in [1.54, 1.807) is 37.3 Å². The zero-order valence-corrected chi connectivity index (χ0v) is 19.5. The van der Waals surface area contributed by atoms with Gasteiger partial charge < -0.3 is 25.0 Å². The highest BCUT2D eigenvalue weighted by molar-refractivity contribution is 6.03. The average Bonchev–Trinajstić information content (AvgIpc) is 3.30. The maximum Gasteiger partial charge on any atom is 0.248 e. The number of halogens is 1. The summed E-state index contributed by atoms with van der Waals surface area (Å²) in [6, 6.07) is 8.33. The van der Waals surface area contributed by atoms with Crippen molar-refractivity contribution in [2.45, 2.75) is 19.4 Å². The quantitative estimate of drug-likeness (QED) is 0.485. The molecule has 9 heteroatoms. The number of nitrogens with zero attached hydrogens (tertiary/aromatic N) is 3. The van der Waals surface area contributed by atoms with E-state index in [0.29, 0.717) is 59.2 Å².